The summed E-state index contributed by atoms with van der Waals surface area (Å²) < 4.78 is 13.1. The van der Waals surface area contributed by atoms with Gasteiger partial charge in [0, 0.05) is 33.4 Å². The van der Waals surface area contributed by atoms with E-state index in [9.17, 15) is 9.59 Å². The molecule has 0 atom stereocenters. The molecule has 5 nitrogen and oxygen atoms in total. The number of nitrogens with zero attached hydrogens (tertiary/aromatic N) is 1. The zero-order chi connectivity index (χ0) is 16.6. The minimum absolute atomic E-state index is 0.0961. The lowest BCUT2D eigenvalue weighted by molar-refractivity contribution is 0.104. The van der Waals surface area contributed by atoms with Crippen molar-refractivity contribution >= 4 is 32.5 Å². The number of benzene rings is 2. The summed E-state index contributed by atoms with van der Waals surface area (Å²) in [6.07, 6.45) is 0. The molecule has 0 unspecified atom stereocenters. The van der Waals surface area contributed by atoms with Gasteiger partial charge in [0.05, 0.1) is 11.3 Å². The minimum Gasteiger partial charge on any atom is -0.454 e. The third kappa shape index (κ3) is 1.58. The maximum Gasteiger partial charge on any atom is 0.258 e. The van der Waals surface area contributed by atoms with Crippen molar-refractivity contribution in [2.45, 2.75) is 0 Å². The molecule has 1 aliphatic heterocycles. The maximum atomic E-state index is 13.0. The Kier molecular flexibility index (Phi) is 2.58. The van der Waals surface area contributed by atoms with E-state index in [4.69, 9.17) is 9.47 Å². The number of fused-ring (bicyclic) bond motifs is 6. The summed E-state index contributed by atoms with van der Waals surface area (Å²) in [5.41, 5.74) is 2.30. The lowest BCUT2D eigenvalue weighted by Crippen LogP contribution is -2.20. The number of ether oxygens (including phenoxy) is 2. The molecule has 3 aromatic rings. The third-order valence-electron chi connectivity index (χ3n) is 4.60. The van der Waals surface area contributed by atoms with Crippen LogP contribution < -0.4 is 15.0 Å². The molecule has 2 aliphatic rings. The molecular weight excluding hydrogens is 374 g/mol. The second-order valence-electron chi connectivity index (χ2n) is 5.86. The Balaban J connectivity index is 1.95. The van der Waals surface area contributed by atoms with Crippen LogP contribution in [0.1, 0.15) is 15.9 Å². The number of rotatable bonds is 0. The number of carbonyl (C=O) groups is 1. The Labute approximate surface area is 144 Å². The third-order valence-corrected chi connectivity index (χ3v) is 5.09. The number of ketones is 1. The molecule has 0 saturated carbocycles. The molecule has 5 rings (SSSR count). The van der Waals surface area contributed by atoms with Crippen molar-refractivity contribution in [3.8, 4) is 22.8 Å². The fourth-order valence-corrected chi connectivity index (χ4v) is 3.86. The van der Waals surface area contributed by atoms with Crippen molar-refractivity contribution in [2.75, 3.05) is 6.79 Å². The average Bonchev–Trinajstić information content (AvgIpc) is 3.14. The molecule has 2 aromatic carbocycles. The second-order valence-corrected chi connectivity index (χ2v) is 6.77. The van der Waals surface area contributed by atoms with E-state index in [2.05, 4.69) is 15.9 Å². The number of pyridine rings is 1. The largest absolute Gasteiger partial charge is 0.454 e. The van der Waals surface area contributed by atoms with Crippen LogP contribution in [0.4, 0.5) is 0 Å². The van der Waals surface area contributed by atoms with Crippen molar-refractivity contribution in [1.82, 2.24) is 4.57 Å². The smallest absolute Gasteiger partial charge is 0.258 e. The molecule has 0 bridgehead atoms. The van der Waals surface area contributed by atoms with Crippen molar-refractivity contribution in [3.05, 3.63) is 56.3 Å². The van der Waals surface area contributed by atoms with Crippen molar-refractivity contribution in [1.29, 1.82) is 0 Å². The van der Waals surface area contributed by atoms with Crippen molar-refractivity contribution < 1.29 is 14.3 Å². The van der Waals surface area contributed by atoms with E-state index in [-0.39, 0.29) is 18.1 Å². The molecule has 6 heteroatoms. The van der Waals surface area contributed by atoms with Gasteiger partial charge in [-0.15, -0.1) is 0 Å². The number of aromatic nitrogens is 1. The van der Waals surface area contributed by atoms with Crippen LogP contribution in [0.5, 0.6) is 11.5 Å². The average molecular weight is 384 g/mol. The van der Waals surface area contributed by atoms with Crippen LogP contribution >= 0.6 is 15.9 Å². The Morgan fingerprint density at radius 1 is 1.00 bits per heavy atom. The molecule has 1 aliphatic carbocycles. The van der Waals surface area contributed by atoms with Gasteiger partial charge in [0.2, 0.25) is 6.79 Å². The van der Waals surface area contributed by atoms with Crippen molar-refractivity contribution in [3.63, 3.8) is 0 Å². The highest BCUT2D eigenvalue weighted by Crippen LogP contribution is 2.45. The molecule has 0 N–H and O–H groups in total. The summed E-state index contributed by atoms with van der Waals surface area (Å²) in [4.78, 5) is 25.8. The van der Waals surface area contributed by atoms with Gasteiger partial charge in [0.15, 0.2) is 17.3 Å². The summed E-state index contributed by atoms with van der Waals surface area (Å²) in [6.45, 7) is 0.143. The molecule has 0 amide bonds. The summed E-state index contributed by atoms with van der Waals surface area (Å²) in [6, 6.07) is 8.88. The van der Waals surface area contributed by atoms with E-state index in [1.807, 2.05) is 12.1 Å². The van der Waals surface area contributed by atoms with E-state index in [1.165, 1.54) is 4.57 Å². The first-order valence-corrected chi connectivity index (χ1v) is 8.16. The molecule has 2 heterocycles. The number of halogens is 1. The number of carbonyl (C=O) groups excluding carboxylic acids is 1. The lowest BCUT2D eigenvalue weighted by atomic mass is 10.0. The number of hydrogen-bond acceptors (Lipinski definition) is 4. The monoisotopic (exact) mass is 383 g/mol. The fraction of sp³-hybridized carbons (Fsp3) is 0.111. The van der Waals surface area contributed by atoms with Gasteiger partial charge >= 0.3 is 0 Å². The quantitative estimate of drug-likeness (QED) is 0.467. The molecule has 24 heavy (non-hydrogen) atoms. The molecule has 118 valence electrons. The van der Waals surface area contributed by atoms with Gasteiger partial charge in [-0.25, -0.2) is 0 Å². The van der Waals surface area contributed by atoms with Crippen LogP contribution in [-0.2, 0) is 7.05 Å². The van der Waals surface area contributed by atoms with Crippen LogP contribution in [0.15, 0.2) is 39.6 Å². The van der Waals surface area contributed by atoms with E-state index in [1.54, 1.807) is 25.2 Å². The minimum atomic E-state index is -0.136. The van der Waals surface area contributed by atoms with Gasteiger partial charge in [-0.3, -0.25) is 9.59 Å². The maximum absolute atomic E-state index is 13.0. The SMILES string of the molecule is Cn1c2c(c3ccc(Br)cc3c1=O)C(=O)c1cc3c(cc1-2)OCO3. The Hall–Kier alpha value is -2.60. The van der Waals surface area contributed by atoms with E-state index < -0.39 is 0 Å². The van der Waals surface area contributed by atoms with E-state index in [0.717, 1.165) is 4.47 Å². The predicted molar refractivity (Wildman–Crippen MR) is 91.9 cm³/mol. The Morgan fingerprint density at radius 2 is 1.71 bits per heavy atom. The zero-order valence-electron chi connectivity index (χ0n) is 12.6. The summed E-state index contributed by atoms with van der Waals surface area (Å²) in [5, 5.41) is 1.19. The first-order chi connectivity index (χ1) is 11.6. The molecule has 0 radical (unpaired) electrons. The summed E-state index contributed by atoms with van der Waals surface area (Å²) in [7, 11) is 1.69. The second kappa shape index (κ2) is 4.48. The molecular formula is C18H10BrNO4. The first kappa shape index (κ1) is 13.8. The zero-order valence-corrected chi connectivity index (χ0v) is 14.1. The topological polar surface area (TPSA) is 57.5 Å². The van der Waals surface area contributed by atoms with Crippen LogP contribution in [-0.4, -0.2) is 17.1 Å². The van der Waals surface area contributed by atoms with Gasteiger partial charge in [0.25, 0.3) is 5.56 Å². The van der Waals surface area contributed by atoms with Gasteiger partial charge < -0.3 is 14.0 Å². The Morgan fingerprint density at radius 3 is 2.46 bits per heavy atom. The van der Waals surface area contributed by atoms with Crippen LogP contribution in [0.2, 0.25) is 0 Å². The highest BCUT2D eigenvalue weighted by molar-refractivity contribution is 9.10. The van der Waals surface area contributed by atoms with Crippen LogP contribution in [0.25, 0.3) is 22.0 Å². The van der Waals surface area contributed by atoms with Crippen molar-refractivity contribution in [2.24, 2.45) is 7.05 Å². The first-order valence-electron chi connectivity index (χ1n) is 7.37. The molecule has 0 spiro atoms. The Bertz CT molecular complexity index is 1150. The molecule has 0 fully saturated rings. The van der Waals surface area contributed by atoms with E-state index in [0.29, 0.717) is 44.7 Å². The fourth-order valence-electron chi connectivity index (χ4n) is 3.49. The molecule has 0 saturated heterocycles. The number of hydrogen-bond donors (Lipinski definition) is 0. The summed E-state index contributed by atoms with van der Waals surface area (Å²) in [5.74, 6) is 1.06. The standard InChI is InChI=1S/C18H10BrNO4/c1-20-16-10-5-13-14(24-7-23-13)6-11(10)17(21)15(16)9-3-2-8(19)4-12(9)18(20)22/h2-6H,7H2,1H3. The molecule has 1 aromatic heterocycles. The lowest BCUT2D eigenvalue weighted by Gasteiger charge is -2.11. The highest BCUT2D eigenvalue weighted by Gasteiger charge is 2.34. The predicted octanol–water partition coefficient (Wildman–Crippen LogP) is 3.24. The van der Waals surface area contributed by atoms with Gasteiger partial charge in [-0.05, 0) is 24.3 Å². The summed E-state index contributed by atoms with van der Waals surface area (Å²) >= 11 is 3.39. The van der Waals surface area contributed by atoms with Gasteiger partial charge in [-0.1, -0.05) is 22.0 Å². The van der Waals surface area contributed by atoms with E-state index >= 15 is 0 Å². The van der Waals surface area contributed by atoms with Gasteiger partial charge in [0.1, 0.15) is 0 Å². The van der Waals surface area contributed by atoms with Crippen LogP contribution in [0.3, 0.4) is 0 Å². The normalized spacial score (nSPS) is 14.2. The van der Waals surface area contributed by atoms with Crippen LogP contribution in [0, 0.1) is 0 Å². The highest BCUT2D eigenvalue weighted by atomic mass is 79.9. The van der Waals surface area contributed by atoms with Gasteiger partial charge in [-0.2, -0.15) is 0 Å².